The molecule has 1 aromatic rings. The average molecular weight is 439 g/mol. The van der Waals surface area contributed by atoms with Crippen molar-refractivity contribution in [3.8, 4) is 0 Å². The number of imide groups is 1. The maximum Gasteiger partial charge on any atom is 0.416 e. The molecule has 1 aliphatic heterocycles. The normalized spacial score (nSPS) is 20.0. The van der Waals surface area contributed by atoms with Crippen molar-refractivity contribution in [3.63, 3.8) is 0 Å². The molecule has 1 aromatic carbocycles. The van der Waals surface area contributed by atoms with Crippen molar-refractivity contribution in [2.45, 2.75) is 45.1 Å². The summed E-state index contributed by atoms with van der Waals surface area (Å²) in [4.78, 5) is 37.3. The summed E-state index contributed by atoms with van der Waals surface area (Å²) >= 11 is 0. The fourth-order valence-corrected chi connectivity index (χ4v) is 3.22. The molecule has 6 nitrogen and oxygen atoms in total. The van der Waals surface area contributed by atoms with Gasteiger partial charge in [0.1, 0.15) is 12.1 Å². The van der Waals surface area contributed by atoms with Gasteiger partial charge in [-0.3, -0.25) is 14.5 Å². The van der Waals surface area contributed by atoms with Crippen LogP contribution in [0.25, 0.3) is 0 Å². The van der Waals surface area contributed by atoms with Crippen LogP contribution >= 0.6 is 0 Å². The molecule has 1 saturated heterocycles. The lowest BCUT2D eigenvalue weighted by molar-refractivity contribution is -0.143. The molecule has 1 aliphatic rings. The zero-order chi connectivity index (χ0) is 23.1. The standard InChI is InChI=1S/C18H19F6N3O3/c1-9(2)7-16(3)14(29)27(15(30)26-16)8-13(28)25-12-5-10(17(19,20)21)4-11(6-12)18(22,23)24/h4-6,9H,7-8H2,1-3H3,(H,25,28)(H,26,30). The molecule has 0 saturated carbocycles. The summed E-state index contributed by atoms with van der Waals surface area (Å²) in [5.41, 5.74) is -5.23. The second-order valence-electron chi connectivity index (χ2n) is 7.59. The van der Waals surface area contributed by atoms with Crippen molar-refractivity contribution in [1.82, 2.24) is 10.2 Å². The van der Waals surface area contributed by atoms with Crippen LogP contribution in [0.15, 0.2) is 18.2 Å². The van der Waals surface area contributed by atoms with E-state index in [9.17, 15) is 40.7 Å². The molecule has 0 aliphatic carbocycles. The molecule has 1 heterocycles. The van der Waals surface area contributed by atoms with Gasteiger partial charge in [0, 0.05) is 5.69 Å². The maximum absolute atomic E-state index is 12.9. The van der Waals surface area contributed by atoms with Gasteiger partial charge in [0.2, 0.25) is 5.91 Å². The first kappa shape index (κ1) is 23.5. The molecule has 0 bridgehead atoms. The molecule has 166 valence electrons. The van der Waals surface area contributed by atoms with E-state index in [0.717, 1.165) is 0 Å². The first-order valence-electron chi connectivity index (χ1n) is 8.76. The first-order chi connectivity index (χ1) is 13.5. The predicted molar refractivity (Wildman–Crippen MR) is 93.2 cm³/mol. The van der Waals surface area contributed by atoms with E-state index >= 15 is 0 Å². The molecular weight excluding hydrogens is 420 g/mol. The van der Waals surface area contributed by atoms with Gasteiger partial charge in [-0.2, -0.15) is 26.3 Å². The first-order valence-corrected chi connectivity index (χ1v) is 8.76. The highest BCUT2D eigenvalue weighted by molar-refractivity contribution is 6.09. The van der Waals surface area contributed by atoms with Gasteiger partial charge in [-0.1, -0.05) is 13.8 Å². The van der Waals surface area contributed by atoms with Gasteiger partial charge in [0.15, 0.2) is 0 Å². The molecule has 0 aromatic heterocycles. The van der Waals surface area contributed by atoms with Gasteiger partial charge >= 0.3 is 18.4 Å². The van der Waals surface area contributed by atoms with Crippen LogP contribution in [-0.2, 0) is 21.9 Å². The number of urea groups is 1. The molecule has 4 amide bonds. The van der Waals surface area contributed by atoms with E-state index in [0.29, 0.717) is 17.0 Å². The number of halogens is 6. The van der Waals surface area contributed by atoms with Gasteiger partial charge in [0.05, 0.1) is 11.1 Å². The van der Waals surface area contributed by atoms with Crippen molar-refractivity contribution >= 4 is 23.5 Å². The highest BCUT2D eigenvalue weighted by Crippen LogP contribution is 2.37. The molecule has 2 N–H and O–H groups in total. The Morgan fingerprint density at radius 3 is 2.00 bits per heavy atom. The fraction of sp³-hybridized carbons (Fsp3) is 0.500. The number of anilines is 1. The largest absolute Gasteiger partial charge is 0.416 e. The smallest absolute Gasteiger partial charge is 0.325 e. The summed E-state index contributed by atoms with van der Waals surface area (Å²) in [5.74, 6) is -1.81. The molecule has 0 spiro atoms. The number of alkyl halides is 6. The van der Waals surface area contributed by atoms with E-state index in [1.807, 2.05) is 19.2 Å². The average Bonchev–Trinajstić information content (AvgIpc) is 2.75. The number of hydrogen-bond acceptors (Lipinski definition) is 3. The second-order valence-corrected chi connectivity index (χ2v) is 7.59. The summed E-state index contributed by atoms with van der Waals surface area (Å²) in [6, 6.07) is -0.285. The van der Waals surface area contributed by atoms with Crippen molar-refractivity contribution < 1.29 is 40.7 Å². The number of benzene rings is 1. The van der Waals surface area contributed by atoms with Gasteiger partial charge in [0.25, 0.3) is 5.91 Å². The van der Waals surface area contributed by atoms with Gasteiger partial charge in [-0.25, -0.2) is 4.79 Å². The Balaban J connectivity index is 2.22. The van der Waals surface area contributed by atoms with Crippen molar-refractivity contribution in [3.05, 3.63) is 29.3 Å². The number of carbonyl (C=O) groups is 3. The third kappa shape index (κ3) is 5.22. The lowest BCUT2D eigenvalue weighted by Crippen LogP contribution is -2.45. The summed E-state index contributed by atoms with van der Waals surface area (Å²) < 4.78 is 77.4. The van der Waals surface area contributed by atoms with Gasteiger partial charge in [-0.15, -0.1) is 0 Å². The van der Waals surface area contributed by atoms with E-state index in [1.165, 1.54) is 6.92 Å². The number of carbonyl (C=O) groups excluding carboxylic acids is 3. The Morgan fingerprint density at radius 1 is 1.07 bits per heavy atom. The third-order valence-electron chi connectivity index (χ3n) is 4.33. The van der Waals surface area contributed by atoms with Crippen LogP contribution in [0.4, 0.5) is 36.8 Å². The topological polar surface area (TPSA) is 78.5 Å². The Morgan fingerprint density at radius 2 is 1.57 bits per heavy atom. The number of nitrogens with zero attached hydrogens (tertiary/aromatic N) is 1. The number of amides is 4. The van der Waals surface area contributed by atoms with Crippen molar-refractivity contribution in [2.75, 3.05) is 11.9 Å². The molecule has 1 atom stereocenters. The van der Waals surface area contributed by atoms with Crippen molar-refractivity contribution in [1.29, 1.82) is 0 Å². The molecule has 1 fully saturated rings. The highest BCUT2D eigenvalue weighted by atomic mass is 19.4. The zero-order valence-electron chi connectivity index (χ0n) is 16.2. The lowest BCUT2D eigenvalue weighted by atomic mass is 9.91. The Labute approximate surface area is 167 Å². The van der Waals surface area contributed by atoms with Crippen LogP contribution in [-0.4, -0.2) is 34.8 Å². The van der Waals surface area contributed by atoms with Crippen LogP contribution in [0.2, 0.25) is 0 Å². The van der Waals surface area contributed by atoms with Crippen LogP contribution in [0.1, 0.15) is 38.3 Å². The SMILES string of the molecule is CC(C)CC1(C)NC(=O)N(CC(=O)Nc2cc(C(F)(F)F)cc(C(F)(F)F)c2)C1=O. The number of hydrogen-bond donors (Lipinski definition) is 2. The minimum absolute atomic E-state index is 0.0268. The van der Waals surface area contributed by atoms with E-state index < -0.39 is 59.1 Å². The van der Waals surface area contributed by atoms with Gasteiger partial charge < -0.3 is 10.6 Å². The number of rotatable bonds is 5. The maximum atomic E-state index is 12.9. The Kier molecular flexibility index (Phi) is 6.11. The molecule has 30 heavy (non-hydrogen) atoms. The molecule has 1 unspecified atom stereocenters. The van der Waals surface area contributed by atoms with Crippen LogP contribution in [0, 0.1) is 5.92 Å². The van der Waals surface area contributed by atoms with E-state index in [2.05, 4.69) is 5.32 Å². The van der Waals surface area contributed by atoms with E-state index in [-0.39, 0.29) is 18.4 Å². The monoisotopic (exact) mass is 439 g/mol. The minimum atomic E-state index is -5.08. The molecule has 2 rings (SSSR count). The summed E-state index contributed by atoms with van der Waals surface area (Å²) in [5, 5.41) is 4.34. The summed E-state index contributed by atoms with van der Waals surface area (Å²) in [6.45, 7) is 4.22. The third-order valence-corrected chi connectivity index (χ3v) is 4.33. The molecular formula is C18H19F6N3O3. The lowest BCUT2D eigenvalue weighted by Gasteiger charge is -2.23. The van der Waals surface area contributed by atoms with E-state index in [1.54, 1.807) is 0 Å². The Hall–Kier alpha value is -2.79. The fourth-order valence-electron chi connectivity index (χ4n) is 3.22. The number of nitrogens with one attached hydrogen (secondary N) is 2. The van der Waals surface area contributed by atoms with Crippen molar-refractivity contribution in [2.24, 2.45) is 5.92 Å². The zero-order valence-corrected chi connectivity index (χ0v) is 16.2. The van der Waals surface area contributed by atoms with Gasteiger partial charge in [-0.05, 0) is 37.5 Å². The second kappa shape index (κ2) is 7.80. The molecule has 12 heteroatoms. The summed E-state index contributed by atoms with van der Waals surface area (Å²) in [7, 11) is 0. The van der Waals surface area contributed by atoms with Crippen LogP contribution < -0.4 is 10.6 Å². The quantitative estimate of drug-likeness (QED) is 0.538. The predicted octanol–water partition coefficient (Wildman–Crippen LogP) is 4.02. The Bertz CT molecular complexity index is 833. The van der Waals surface area contributed by atoms with Crippen LogP contribution in [0.3, 0.4) is 0 Å². The van der Waals surface area contributed by atoms with Crippen LogP contribution in [0.5, 0.6) is 0 Å². The highest BCUT2D eigenvalue weighted by Gasteiger charge is 2.48. The minimum Gasteiger partial charge on any atom is -0.325 e. The molecule has 0 radical (unpaired) electrons. The summed E-state index contributed by atoms with van der Waals surface area (Å²) in [6.07, 6.45) is -9.88. The van der Waals surface area contributed by atoms with E-state index in [4.69, 9.17) is 0 Å².